The lowest BCUT2D eigenvalue weighted by atomic mass is 10.0. The molecule has 3 aromatic carbocycles. The highest BCUT2D eigenvalue weighted by molar-refractivity contribution is 7.22. The Bertz CT molecular complexity index is 1700. The minimum Gasteiger partial charge on any atom is -0.278 e. The van der Waals surface area contributed by atoms with E-state index in [9.17, 15) is 4.79 Å². The van der Waals surface area contributed by atoms with E-state index in [2.05, 4.69) is 18.0 Å². The van der Waals surface area contributed by atoms with Gasteiger partial charge in [-0.05, 0) is 48.9 Å². The van der Waals surface area contributed by atoms with E-state index in [0.717, 1.165) is 43.6 Å². The summed E-state index contributed by atoms with van der Waals surface area (Å²) in [4.78, 5) is 30.2. The summed E-state index contributed by atoms with van der Waals surface area (Å²) < 4.78 is 1.05. The number of para-hydroxylation sites is 1. The summed E-state index contributed by atoms with van der Waals surface area (Å²) in [5.74, 6) is -0.132. The average Bonchev–Trinajstić information content (AvgIpc) is 3.34. The quantitative estimate of drug-likeness (QED) is 0.262. The number of thiazole rings is 1. The number of aryl methyl sites for hydroxylation is 1. The number of pyridine rings is 2. The van der Waals surface area contributed by atoms with Crippen molar-refractivity contribution in [2.75, 3.05) is 4.90 Å². The van der Waals surface area contributed by atoms with Gasteiger partial charge in [-0.2, -0.15) is 0 Å². The molecule has 0 unspecified atom stereocenters. The predicted molar refractivity (Wildman–Crippen MR) is 146 cm³/mol. The molecule has 3 aromatic heterocycles. The second-order valence-electron chi connectivity index (χ2n) is 8.62. The van der Waals surface area contributed by atoms with Crippen LogP contribution in [0.5, 0.6) is 0 Å². The van der Waals surface area contributed by atoms with Gasteiger partial charge in [0.1, 0.15) is 0 Å². The van der Waals surface area contributed by atoms with E-state index in [-0.39, 0.29) is 5.91 Å². The van der Waals surface area contributed by atoms with Crippen molar-refractivity contribution in [1.82, 2.24) is 15.0 Å². The lowest BCUT2D eigenvalue weighted by molar-refractivity contribution is 0.0986. The number of hydrogen-bond donors (Lipinski definition) is 0. The molecule has 1 amide bonds. The van der Waals surface area contributed by atoms with Crippen LogP contribution in [-0.4, -0.2) is 20.9 Å². The molecule has 0 spiro atoms. The van der Waals surface area contributed by atoms with Crippen molar-refractivity contribution in [3.8, 4) is 11.3 Å². The molecule has 6 heteroatoms. The zero-order chi connectivity index (χ0) is 24.5. The predicted octanol–water partition coefficient (Wildman–Crippen LogP) is 7.06. The van der Waals surface area contributed by atoms with Crippen molar-refractivity contribution >= 4 is 43.5 Å². The molecule has 0 atom stereocenters. The van der Waals surface area contributed by atoms with Crippen LogP contribution in [0, 0.1) is 6.92 Å². The molecule has 6 aromatic rings. The van der Waals surface area contributed by atoms with E-state index in [0.29, 0.717) is 17.2 Å². The maximum absolute atomic E-state index is 14.3. The van der Waals surface area contributed by atoms with Crippen LogP contribution in [0.1, 0.15) is 21.6 Å². The molecule has 3 heterocycles. The van der Waals surface area contributed by atoms with Gasteiger partial charge in [0, 0.05) is 17.1 Å². The van der Waals surface area contributed by atoms with Crippen LogP contribution in [0.3, 0.4) is 0 Å². The molecule has 0 aliphatic carbocycles. The minimum atomic E-state index is -0.132. The minimum absolute atomic E-state index is 0.132. The van der Waals surface area contributed by atoms with Gasteiger partial charge in [0.25, 0.3) is 5.91 Å². The first kappa shape index (κ1) is 22.1. The summed E-state index contributed by atoms with van der Waals surface area (Å²) in [6.45, 7) is 2.37. The number of carbonyl (C=O) groups excluding carboxylic acids is 1. The van der Waals surface area contributed by atoms with Crippen LogP contribution >= 0.6 is 11.3 Å². The van der Waals surface area contributed by atoms with Gasteiger partial charge in [0.2, 0.25) is 0 Å². The molecule has 0 bridgehead atoms. The topological polar surface area (TPSA) is 59.0 Å². The molecule has 6 rings (SSSR count). The smallest absolute Gasteiger partial charge is 0.261 e. The first-order chi connectivity index (χ1) is 17.7. The largest absolute Gasteiger partial charge is 0.278 e. The van der Waals surface area contributed by atoms with Crippen molar-refractivity contribution < 1.29 is 4.79 Å². The zero-order valence-electron chi connectivity index (χ0n) is 19.6. The normalized spacial score (nSPS) is 11.1. The van der Waals surface area contributed by atoms with Gasteiger partial charge < -0.3 is 0 Å². The first-order valence-electron chi connectivity index (χ1n) is 11.7. The van der Waals surface area contributed by atoms with Gasteiger partial charge in [-0.15, -0.1) is 0 Å². The van der Waals surface area contributed by atoms with Gasteiger partial charge in [-0.3, -0.25) is 14.7 Å². The molecule has 36 heavy (non-hydrogen) atoms. The van der Waals surface area contributed by atoms with E-state index in [1.54, 1.807) is 11.1 Å². The molecule has 0 saturated carbocycles. The Hall–Kier alpha value is -4.42. The molecule has 0 radical (unpaired) electrons. The SMILES string of the molecule is Cc1ccc2nc(N(Cc3ccccn3)C(=O)c3cc(-c4ccccc4)nc4ccccc34)sc2c1. The van der Waals surface area contributed by atoms with Gasteiger partial charge >= 0.3 is 0 Å². The Morgan fingerprint density at radius 1 is 0.833 bits per heavy atom. The van der Waals surface area contributed by atoms with Crippen LogP contribution in [0.4, 0.5) is 5.13 Å². The number of nitrogens with zero attached hydrogens (tertiary/aromatic N) is 4. The number of amides is 1. The third kappa shape index (κ3) is 4.23. The molecular weight excluding hydrogens is 464 g/mol. The van der Waals surface area contributed by atoms with Crippen LogP contribution in [0.25, 0.3) is 32.4 Å². The third-order valence-electron chi connectivity index (χ3n) is 6.07. The molecule has 0 N–H and O–H groups in total. The molecule has 0 saturated heterocycles. The Labute approximate surface area is 212 Å². The fourth-order valence-electron chi connectivity index (χ4n) is 4.27. The maximum atomic E-state index is 14.3. The first-order valence-corrected chi connectivity index (χ1v) is 12.5. The number of fused-ring (bicyclic) bond motifs is 2. The van der Waals surface area contributed by atoms with E-state index in [4.69, 9.17) is 9.97 Å². The summed E-state index contributed by atoms with van der Waals surface area (Å²) >= 11 is 1.52. The van der Waals surface area contributed by atoms with Crippen molar-refractivity contribution in [3.63, 3.8) is 0 Å². The number of carbonyl (C=O) groups is 1. The zero-order valence-corrected chi connectivity index (χ0v) is 20.4. The van der Waals surface area contributed by atoms with Gasteiger partial charge in [0.15, 0.2) is 5.13 Å². The summed E-state index contributed by atoms with van der Waals surface area (Å²) in [6.07, 6.45) is 1.75. The molecule has 5 nitrogen and oxygen atoms in total. The second kappa shape index (κ2) is 9.32. The third-order valence-corrected chi connectivity index (χ3v) is 7.11. The average molecular weight is 487 g/mol. The highest BCUT2D eigenvalue weighted by Crippen LogP contribution is 2.33. The molecular formula is C30H22N4OS. The number of hydrogen-bond acceptors (Lipinski definition) is 5. The van der Waals surface area contributed by atoms with E-state index >= 15 is 0 Å². The second-order valence-corrected chi connectivity index (χ2v) is 9.63. The molecule has 174 valence electrons. The molecule has 0 aliphatic rings. The highest BCUT2D eigenvalue weighted by Gasteiger charge is 2.25. The van der Waals surface area contributed by atoms with Crippen LogP contribution in [0.15, 0.2) is 103 Å². The van der Waals surface area contributed by atoms with E-state index in [1.165, 1.54) is 11.3 Å². The van der Waals surface area contributed by atoms with Crippen molar-refractivity contribution in [2.45, 2.75) is 13.5 Å². The summed E-state index contributed by atoms with van der Waals surface area (Å²) in [5, 5.41) is 1.46. The Kier molecular flexibility index (Phi) is 5.71. The Morgan fingerprint density at radius 2 is 1.64 bits per heavy atom. The highest BCUT2D eigenvalue weighted by atomic mass is 32.1. The van der Waals surface area contributed by atoms with Crippen LogP contribution in [0.2, 0.25) is 0 Å². The van der Waals surface area contributed by atoms with E-state index in [1.807, 2.05) is 91.0 Å². The van der Waals surface area contributed by atoms with Gasteiger partial charge in [-0.1, -0.05) is 72.0 Å². The number of rotatable bonds is 5. The number of benzene rings is 3. The standard InChI is InChI=1S/C30H22N4OS/c1-20-14-15-26-28(17-20)36-30(33-26)34(19-22-11-7-8-16-31-22)29(35)24-18-27(21-9-3-2-4-10-21)32-25-13-6-5-12-23(24)25/h2-18H,19H2,1H3. The summed E-state index contributed by atoms with van der Waals surface area (Å²) in [7, 11) is 0. The molecule has 0 aliphatic heterocycles. The van der Waals surface area contributed by atoms with Crippen molar-refractivity contribution in [1.29, 1.82) is 0 Å². The monoisotopic (exact) mass is 486 g/mol. The van der Waals surface area contributed by atoms with Gasteiger partial charge in [-0.25, -0.2) is 9.97 Å². The summed E-state index contributed by atoms with van der Waals surface area (Å²) in [6, 6.07) is 31.5. The lowest BCUT2D eigenvalue weighted by Gasteiger charge is -2.21. The maximum Gasteiger partial charge on any atom is 0.261 e. The fraction of sp³-hybridized carbons (Fsp3) is 0.0667. The van der Waals surface area contributed by atoms with Gasteiger partial charge in [0.05, 0.1) is 39.2 Å². The van der Waals surface area contributed by atoms with Crippen molar-refractivity contribution in [3.05, 3.63) is 120 Å². The lowest BCUT2D eigenvalue weighted by Crippen LogP contribution is -2.31. The van der Waals surface area contributed by atoms with Crippen LogP contribution < -0.4 is 4.90 Å². The fourth-order valence-corrected chi connectivity index (χ4v) is 5.33. The van der Waals surface area contributed by atoms with Crippen molar-refractivity contribution in [2.24, 2.45) is 0 Å². The number of anilines is 1. The Balaban J connectivity index is 1.52. The summed E-state index contributed by atoms with van der Waals surface area (Å²) in [5.41, 5.74) is 5.92. The van der Waals surface area contributed by atoms with Crippen LogP contribution in [-0.2, 0) is 6.54 Å². The Morgan fingerprint density at radius 3 is 2.47 bits per heavy atom. The van der Waals surface area contributed by atoms with E-state index < -0.39 is 0 Å². The number of aromatic nitrogens is 3. The molecule has 0 fully saturated rings.